The number of esters is 2. The molecule has 0 fully saturated rings. The Labute approximate surface area is 84.6 Å². The lowest BCUT2D eigenvalue weighted by molar-refractivity contribution is -0.160. The first-order chi connectivity index (χ1) is 6.47. The van der Waals surface area contributed by atoms with Crippen LogP contribution in [0.15, 0.2) is 0 Å². The van der Waals surface area contributed by atoms with Gasteiger partial charge >= 0.3 is 11.9 Å². The van der Waals surface area contributed by atoms with Crippen LogP contribution in [0.4, 0.5) is 0 Å². The second-order valence-corrected chi connectivity index (χ2v) is 3.44. The summed E-state index contributed by atoms with van der Waals surface area (Å²) in [5.74, 6) is -0.707. The molecule has 1 atom stereocenters. The van der Waals surface area contributed by atoms with Crippen LogP contribution < -0.4 is 0 Å². The van der Waals surface area contributed by atoms with Gasteiger partial charge in [-0.1, -0.05) is 20.8 Å². The van der Waals surface area contributed by atoms with Crippen LogP contribution in [0, 0.1) is 5.92 Å². The standard InChI is InChI=1S/C10H18O4/c1-5-9(11)13-6-8(4)14-10(12)7(2)3/h7-8H,5-6H2,1-4H3. The number of hydrogen-bond donors (Lipinski definition) is 0. The van der Waals surface area contributed by atoms with Crippen molar-refractivity contribution in [3.05, 3.63) is 0 Å². The van der Waals surface area contributed by atoms with Crippen LogP contribution in [0.25, 0.3) is 0 Å². The number of ether oxygens (including phenoxy) is 2. The Morgan fingerprint density at radius 1 is 1.21 bits per heavy atom. The topological polar surface area (TPSA) is 52.6 Å². The van der Waals surface area contributed by atoms with E-state index in [4.69, 9.17) is 9.47 Å². The van der Waals surface area contributed by atoms with Gasteiger partial charge in [0.25, 0.3) is 0 Å². The van der Waals surface area contributed by atoms with Gasteiger partial charge in [-0.15, -0.1) is 0 Å². The summed E-state index contributed by atoms with van der Waals surface area (Å²) in [5, 5.41) is 0. The van der Waals surface area contributed by atoms with Gasteiger partial charge in [0, 0.05) is 6.42 Å². The van der Waals surface area contributed by atoms with Crippen LogP contribution in [-0.2, 0) is 19.1 Å². The van der Waals surface area contributed by atoms with Crippen LogP contribution >= 0.6 is 0 Å². The Hall–Kier alpha value is -1.06. The molecular formula is C10H18O4. The molecule has 82 valence electrons. The molecule has 0 amide bonds. The maximum atomic E-state index is 11.1. The van der Waals surface area contributed by atoms with Gasteiger partial charge in [-0.25, -0.2) is 0 Å². The predicted octanol–water partition coefficient (Wildman–Crippen LogP) is 1.53. The number of hydrogen-bond acceptors (Lipinski definition) is 4. The molecule has 14 heavy (non-hydrogen) atoms. The average Bonchev–Trinajstić information content (AvgIpc) is 2.13. The fourth-order valence-electron chi connectivity index (χ4n) is 0.681. The van der Waals surface area contributed by atoms with E-state index >= 15 is 0 Å². The van der Waals surface area contributed by atoms with Crippen molar-refractivity contribution >= 4 is 11.9 Å². The van der Waals surface area contributed by atoms with Crippen LogP contribution in [0.3, 0.4) is 0 Å². The summed E-state index contributed by atoms with van der Waals surface area (Å²) in [4.78, 5) is 21.9. The largest absolute Gasteiger partial charge is 0.462 e. The molecule has 0 aliphatic heterocycles. The maximum absolute atomic E-state index is 11.1. The van der Waals surface area contributed by atoms with Crippen molar-refractivity contribution in [2.75, 3.05) is 6.61 Å². The van der Waals surface area contributed by atoms with Crippen molar-refractivity contribution in [3.8, 4) is 0 Å². The first kappa shape index (κ1) is 12.9. The lowest BCUT2D eigenvalue weighted by Crippen LogP contribution is -2.24. The van der Waals surface area contributed by atoms with Crippen LogP contribution in [0.1, 0.15) is 34.1 Å². The van der Waals surface area contributed by atoms with Crippen molar-refractivity contribution in [1.29, 1.82) is 0 Å². The smallest absolute Gasteiger partial charge is 0.308 e. The first-order valence-electron chi connectivity index (χ1n) is 4.83. The summed E-state index contributed by atoms with van der Waals surface area (Å²) in [6.07, 6.45) is -0.0365. The van der Waals surface area contributed by atoms with Crippen LogP contribution in [-0.4, -0.2) is 24.6 Å². The van der Waals surface area contributed by atoms with E-state index in [0.717, 1.165) is 0 Å². The third kappa shape index (κ3) is 5.56. The van der Waals surface area contributed by atoms with Crippen molar-refractivity contribution in [1.82, 2.24) is 0 Å². The molecule has 0 aliphatic carbocycles. The van der Waals surface area contributed by atoms with Crippen molar-refractivity contribution in [2.45, 2.75) is 40.2 Å². The van der Waals surface area contributed by atoms with Gasteiger partial charge in [0.05, 0.1) is 5.92 Å². The van der Waals surface area contributed by atoms with E-state index in [9.17, 15) is 9.59 Å². The summed E-state index contributed by atoms with van der Waals surface area (Å²) in [6.45, 7) is 7.06. The fraction of sp³-hybridized carbons (Fsp3) is 0.800. The van der Waals surface area contributed by atoms with E-state index in [1.54, 1.807) is 27.7 Å². The zero-order valence-electron chi connectivity index (χ0n) is 9.20. The van der Waals surface area contributed by atoms with Crippen LogP contribution in [0.5, 0.6) is 0 Å². The second-order valence-electron chi connectivity index (χ2n) is 3.44. The fourth-order valence-corrected chi connectivity index (χ4v) is 0.681. The summed E-state index contributed by atoms with van der Waals surface area (Å²) in [6, 6.07) is 0. The summed E-state index contributed by atoms with van der Waals surface area (Å²) < 4.78 is 9.81. The highest BCUT2D eigenvalue weighted by Crippen LogP contribution is 2.01. The monoisotopic (exact) mass is 202 g/mol. The molecule has 0 aromatic carbocycles. The van der Waals surface area contributed by atoms with Gasteiger partial charge in [-0.2, -0.15) is 0 Å². The average molecular weight is 202 g/mol. The minimum absolute atomic E-state index is 0.130. The lowest BCUT2D eigenvalue weighted by atomic mass is 10.2. The molecular weight excluding hydrogens is 184 g/mol. The number of rotatable bonds is 5. The van der Waals surface area contributed by atoms with E-state index in [1.165, 1.54) is 0 Å². The third-order valence-electron chi connectivity index (χ3n) is 1.56. The number of carbonyl (C=O) groups is 2. The quantitative estimate of drug-likeness (QED) is 0.634. The van der Waals surface area contributed by atoms with E-state index in [1.807, 2.05) is 0 Å². The third-order valence-corrected chi connectivity index (χ3v) is 1.56. The van der Waals surface area contributed by atoms with Crippen molar-refractivity contribution < 1.29 is 19.1 Å². The molecule has 0 saturated heterocycles. The van der Waals surface area contributed by atoms with E-state index in [0.29, 0.717) is 6.42 Å². The van der Waals surface area contributed by atoms with Gasteiger partial charge in [0.1, 0.15) is 12.7 Å². The van der Waals surface area contributed by atoms with Crippen LogP contribution in [0.2, 0.25) is 0 Å². The maximum Gasteiger partial charge on any atom is 0.308 e. The van der Waals surface area contributed by atoms with Gasteiger partial charge in [-0.3, -0.25) is 9.59 Å². The molecule has 0 saturated carbocycles. The van der Waals surface area contributed by atoms with Crippen molar-refractivity contribution in [3.63, 3.8) is 0 Å². The molecule has 0 aromatic heterocycles. The molecule has 0 radical (unpaired) electrons. The summed E-state index contributed by atoms with van der Waals surface area (Å²) in [7, 11) is 0. The molecule has 0 aromatic rings. The minimum atomic E-state index is -0.375. The highest BCUT2D eigenvalue weighted by molar-refractivity contribution is 5.71. The van der Waals surface area contributed by atoms with Gasteiger partial charge in [0.15, 0.2) is 0 Å². The molecule has 0 aliphatic rings. The minimum Gasteiger partial charge on any atom is -0.462 e. The first-order valence-corrected chi connectivity index (χ1v) is 4.83. The molecule has 1 unspecified atom stereocenters. The zero-order valence-corrected chi connectivity index (χ0v) is 9.20. The molecule has 4 nitrogen and oxygen atoms in total. The molecule has 0 rings (SSSR count). The summed E-state index contributed by atoms with van der Waals surface area (Å²) in [5.41, 5.74) is 0. The molecule has 0 heterocycles. The van der Waals surface area contributed by atoms with E-state index < -0.39 is 0 Å². The van der Waals surface area contributed by atoms with Gasteiger partial charge in [0.2, 0.25) is 0 Å². The van der Waals surface area contributed by atoms with Gasteiger partial charge < -0.3 is 9.47 Å². The van der Waals surface area contributed by atoms with E-state index in [-0.39, 0.29) is 30.6 Å². The predicted molar refractivity (Wildman–Crippen MR) is 51.6 cm³/mol. The Balaban J connectivity index is 3.70. The zero-order chi connectivity index (χ0) is 11.1. The second kappa shape index (κ2) is 6.40. The lowest BCUT2D eigenvalue weighted by Gasteiger charge is -2.14. The Bertz CT molecular complexity index is 198. The SMILES string of the molecule is CCC(=O)OCC(C)OC(=O)C(C)C. The number of carbonyl (C=O) groups excluding carboxylic acids is 2. The molecule has 4 heteroatoms. The highest BCUT2D eigenvalue weighted by atomic mass is 16.6. The Kier molecular flexibility index (Phi) is 5.92. The molecule has 0 N–H and O–H groups in total. The Morgan fingerprint density at radius 3 is 2.21 bits per heavy atom. The highest BCUT2D eigenvalue weighted by Gasteiger charge is 2.14. The van der Waals surface area contributed by atoms with Gasteiger partial charge in [-0.05, 0) is 6.92 Å². The van der Waals surface area contributed by atoms with Crippen molar-refractivity contribution in [2.24, 2.45) is 5.92 Å². The molecule has 0 bridgehead atoms. The Morgan fingerprint density at radius 2 is 1.79 bits per heavy atom. The van der Waals surface area contributed by atoms with E-state index in [2.05, 4.69) is 0 Å². The normalized spacial score (nSPS) is 12.4. The summed E-state index contributed by atoms with van der Waals surface area (Å²) >= 11 is 0. The molecule has 0 spiro atoms.